The van der Waals surface area contributed by atoms with Crippen molar-refractivity contribution in [3.05, 3.63) is 41.9 Å². The first-order chi connectivity index (χ1) is 8.16. The van der Waals surface area contributed by atoms with Gasteiger partial charge in [0.15, 0.2) is 0 Å². The van der Waals surface area contributed by atoms with Crippen molar-refractivity contribution in [3.63, 3.8) is 0 Å². The van der Waals surface area contributed by atoms with Gasteiger partial charge >= 0.3 is 0 Å². The van der Waals surface area contributed by atoms with Gasteiger partial charge in [-0.3, -0.25) is 0 Å². The van der Waals surface area contributed by atoms with Crippen LogP contribution in [0.15, 0.2) is 46.8 Å². The molecule has 0 unspecified atom stereocenters. The van der Waals surface area contributed by atoms with Gasteiger partial charge in [0.2, 0.25) is 11.3 Å². The van der Waals surface area contributed by atoms with Gasteiger partial charge in [-0.1, -0.05) is 18.2 Å². The normalized spacial score (nSPS) is 10.8. The number of aromatic nitrogens is 1. The van der Waals surface area contributed by atoms with Gasteiger partial charge in [0.25, 0.3) is 10.0 Å². The van der Waals surface area contributed by atoms with E-state index in [-0.39, 0.29) is 10.0 Å². The Balaban J connectivity index is 2.50. The van der Waals surface area contributed by atoms with Crippen molar-refractivity contribution in [2.75, 3.05) is 4.31 Å². The number of hydrogen-bond acceptors (Lipinski definition) is 5. The maximum Gasteiger partial charge on any atom is 0.278 e. The Labute approximate surface area is 103 Å². The maximum absolute atomic E-state index is 12.1. The van der Waals surface area contributed by atoms with E-state index in [1.165, 1.54) is 18.3 Å². The third-order valence-electron chi connectivity index (χ3n) is 1.97. The molecule has 0 N–H and O–H groups in total. The summed E-state index contributed by atoms with van der Waals surface area (Å²) >= 11 is 1.09. The summed E-state index contributed by atoms with van der Waals surface area (Å²) in [4.78, 5) is 3.89. The highest BCUT2D eigenvalue weighted by Gasteiger charge is 2.26. The van der Waals surface area contributed by atoms with Gasteiger partial charge < -0.3 is 0 Å². The number of rotatable bonds is 3. The molecule has 2 rings (SSSR count). The molecule has 0 aliphatic heterocycles. The molecule has 7 heteroatoms. The molecule has 5 nitrogen and oxygen atoms in total. The topological polar surface area (TPSA) is 74.1 Å². The summed E-state index contributed by atoms with van der Waals surface area (Å²) in [7, 11) is -3.85. The molecular weight excluding hydrogens is 258 g/mol. The summed E-state index contributed by atoms with van der Waals surface area (Å²) < 4.78 is 24.9. The van der Waals surface area contributed by atoms with E-state index in [4.69, 9.17) is 5.26 Å². The fourth-order valence-electron chi connectivity index (χ4n) is 1.21. The molecule has 1 aromatic heterocycles. The summed E-state index contributed by atoms with van der Waals surface area (Å²) in [6, 6.07) is 7.79. The molecule has 17 heavy (non-hydrogen) atoms. The van der Waals surface area contributed by atoms with E-state index in [0.717, 1.165) is 11.3 Å². The van der Waals surface area contributed by atoms with Gasteiger partial charge in [0, 0.05) is 11.6 Å². The van der Waals surface area contributed by atoms with Crippen LogP contribution in [0, 0.1) is 11.5 Å². The second-order valence-electron chi connectivity index (χ2n) is 3.00. The molecule has 0 fully saturated rings. The Hall–Kier alpha value is -1.91. The maximum atomic E-state index is 12.1. The van der Waals surface area contributed by atoms with Gasteiger partial charge in [-0.25, -0.2) is 4.98 Å². The van der Waals surface area contributed by atoms with Crippen molar-refractivity contribution in [1.29, 1.82) is 5.26 Å². The predicted molar refractivity (Wildman–Crippen MR) is 63.8 cm³/mol. The first-order valence-corrected chi connectivity index (χ1v) is 6.88. The monoisotopic (exact) mass is 265 g/mol. The standard InChI is InChI=1S/C10H7N3O2S2/c11-8-13(10-12-6-7-16-10)17(14,15)9-4-2-1-3-5-9/h1-7H. The van der Waals surface area contributed by atoms with E-state index in [1.54, 1.807) is 29.8 Å². The van der Waals surface area contributed by atoms with Crippen molar-refractivity contribution in [3.8, 4) is 6.19 Å². The van der Waals surface area contributed by atoms with Crippen LogP contribution in [0.5, 0.6) is 0 Å². The number of hydrogen-bond donors (Lipinski definition) is 0. The van der Waals surface area contributed by atoms with Crippen LogP contribution in [0.2, 0.25) is 0 Å². The molecule has 0 aliphatic carbocycles. The predicted octanol–water partition coefficient (Wildman–Crippen LogP) is 1.82. The van der Waals surface area contributed by atoms with Gasteiger partial charge in [-0.05, 0) is 12.1 Å². The molecule has 0 saturated carbocycles. The molecule has 0 radical (unpaired) electrons. The second-order valence-corrected chi connectivity index (χ2v) is 5.66. The van der Waals surface area contributed by atoms with Crippen molar-refractivity contribution in [2.45, 2.75) is 4.90 Å². The highest BCUT2D eigenvalue weighted by molar-refractivity contribution is 7.93. The molecule has 0 bridgehead atoms. The SMILES string of the molecule is N#CN(c1nccs1)S(=O)(=O)c1ccccc1. The second kappa shape index (κ2) is 4.53. The zero-order valence-electron chi connectivity index (χ0n) is 8.52. The van der Waals surface area contributed by atoms with Crippen molar-refractivity contribution < 1.29 is 8.42 Å². The van der Waals surface area contributed by atoms with E-state index in [1.807, 2.05) is 0 Å². The Morgan fingerprint density at radius 3 is 2.53 bits per heavy atom. The number of anilines is 1. The highest BCUT2D eigenvalue weighted by atomic mass is 32.2. The molecule has 0 aliphatic rings. The minimum atomic E-state index is -3.85. The summed E-state index contributed by atoms with van der Waals surface area (Å²) in [5.74, 6) is 0. The summed E-state index contributed by atoms with van der Waals surface area (Å²) in [5.41, 5.74) is 0. The summed E-state index contributed by atoms with van der Waals surface area (Å²) in [6.45, 7) is 0. The van der Waals surface area contributed by atoms with Crippen LogP contribution in [0.3, 0.4) is 0 Å². The molecule has 1 aromatic carbocycles. The van der Waals surface area contributed by atoms with Crippen LogP contribution in [0.1, 0.15) is 0 Å². The smallest absolute Gasteiger partial charge is 0.227 e. The number of sulfonamides is 1. The van der Waals surface area contributed by atoms with Crippen LogP contribution >= 0.6 is 11.3 Å². The lowest BCUT2D eigenvalue weighted by atomic mass is 10.4. The van der Waals surface area contributed by atoms with Gasteiger partial charge in [-0.15, -0.1) is 15.6 Å². The molecule has 0 saturated heterocycles. The third-order valence-corrected chi connectivity index (χ3v) is 4.44. The molecular formula is C10H7N3O2S2. The van der Waals surface area contributed by atoms with Crippen LogP contribution < -0.4 is 4.31 Å². The van der Waals surface area contributed by atoms with Crippen LogP contribution in [0.25, 0.3) is 0 Å². The van der Waals surface area contributed by atoms with E-state index in [9.17, 15) is 8.42 Å². The van der Waals surface area contributed by atoms with Crippen LogP contribution in [0.4, 0.5) is 5.13 Å². The lowest BCUT2D eigenvalue weighted by molar-refractivity contribution is 0.596. The van der Waals surface area contributed by atoms with Crippen molar-refractivity contribution in [2.24, 2.45) is 0 Å². The van der Waals surface area contributed by atoms with E-state index >= 15 is 0 Å². The van der Waals surface area contributed by atoms with Gasteiger partial charge in [0.05, 0.1) is 4.90 Å². The van der Waals surface area contributed by atoms with Crippen LogP contribution in [-0.2, 0) is 10.0 Å². The van der Waals surface area contributed by atoms with Gasteiger partial charge in [0.1, 0.15) is 0 Å². The summed E-state index contributed by atoms with van der Waals surface area (Å²) in [6.07, 6.45) is 3.09. The number of benzene rings is 1. The number of thiazole rings is 1. The Bertz CT molecular complexity index is 630. The Kier molecular flexibility index (Phi) is 3.08. The average Bonchev–Trinajstić information content (AvgIpc) is 2.84. The minimum absolute atomic E-state index is 0.0664. The molecule has 1 heterocycles. The van der Waals surface area contributed by atoms with Crippen molar-refractivity contribution >= 4 is 26.5 Å². The zero-order valence-corrected chi connectivity index (χ0v) is 10.1. The van der Waals surface area contributed by atoms with Crippen LogP contribution in [-0.4, -0.2) is 13.4 Å². The molecule has 86 valence electrons. The number of nitriles is 1. The number of nitrogens with zero attached hydrogens (tertiary/aromatic N) is 3. The first-order valence-electron chi connectivity index (χ1n) is 4.56. The van der Waals surface area contributed by atoms with E-state index in [2.05, 4.69) is 4.98 Å². The Morgan fingerprint density at radius 1 is 1.29 bits per heavy atom. The molecule has 0 amide bonds. The first kappa shape index (κ1) is 11.6. The zero-order chi connectivity index (χ0) is 12.3. The quantitative estimate of drug-likeness (QED) is 0.626. The fourth-order valence-corrected chi connectivity index (χ4v) is 3.21. The minimum Gasteiger partial charge on any atom is -0.227 e. The van der Waals surface area contributed by atoms with E-state index in [0.29, 0.717) is 4.31 Å². The summed E-state index contributed by atoms with van der Waals surface area (Å²) in [5, 5.41) is 10.7. The molecule has 0 atom stereocenters. The fraction of sp³-hybridized carbons (Fsp3) is 0. The lowest BCUT2D eigenvalue weighted by Crippen LogP contribution is -2.25. The van der Waals surface area contributed by atoms with Gasteiger partial charge in [-0.2, -0.15) is 13.7 Å². The molecule has 2 aromatic rings. The van der Waals surface area contributed by atoms with E-state index < -0.39 is 10.0 Å². The third kappa shape index (κ3) is 2.13. The van der Waals surface area contributed by atoms with Crippen molar-refractivity contribution in [1.82, 2.24) is 4.98 Å². The molecule has 0 spiro atoms. The lowest BCUT2D eigenvalue weighted by Gasteiger charge is -2.12. The highest BCUT2D eigenvalue weighted by Crippen LogP contribution is 2.24. The largest absolute Gasteiger partial charge is 0.278 e. The average molecular weight is 265 g/mol. The Morgan fingerprint density at radius 2 is 2.00 bits per heavy atom.